The van der Waals surface area contributed by atoms with Gasteiger partial charge in [-0.25, -0.2) is 4.98 Å². The fourth-order valence-corrected chi connectivity index (χ4v) is 3.68. The second-order valence-electron chi connectivity index (χ2n) is 5.74. The van der Waals surface area contributed by atoms with E-state index in [1.54, 1.807) is 0 Å². The van der Waals surface area contributed by atoms with E-state index >= 15 is 0 Å². The van der Waals surface area contributed by atoms with Crippen molar-refractivity contribution < 1.29 is 5.11 Å². The third-order valence-corrected chi connectivity index (χ3v) is 4.50. The molecule has 0 radical (unpaired) electrons. The smallest absolute Gasteiger partial charge is 0.223 e. The number of hydrogen-bond acceptors (Lipinski definition) is 5. The minimum atomic E-state index is 0. The van der Waals surface area contributed by atoms with Crippen molar-refractivity contribution in [3.05, 3.63) is 11.3 Å². The molecule has 2 unspecified atom stereocenters. The number of hydrogen-bond donors (Lipinski definition) is 2. The Hall–Kier alpha value is -1.07. The highest BCUT2D eigenvalue weighted by Crippen LogP contribution is 2.37. The van der Waals surface area contributed by atoms with E-state index in [0.717, 1.165) is 30.6 Å². The van der Waals surface area contributed by atoms with E-state index < -0.39 is 0 Å². The average Bonchev–Trinajstić information content (AvgIpc) is 2.37. The zero-order valence-corrected chi connectivity index (χ0v) is 12.7. The molecule has 0 aromatic carbocycles. The van der Waals surface area contributed by atoms with Crippen LogP contribution in [0.25, 0.3) is 0 Å². The molecule has 2 heterocycles. The van der Waals surface area contributed by atoms with Gasteiger partial charge in [-0.2, -0.15) is 4.98 Å². The number of aromatic nitrogens is 2. The predicted molar refractivity (Wildman–Crippen MR) is 81.1 cm³/mol. The number of fused-ring (bicyclic) bond motifs is 2. The van der Waals surface area contributed by atoms with Gasteiger partial charge < -0.3 is 10.8 Å². The number of aromatic hydroxyl groups is 1. The van der Waals surface area contributed by atoms with Gasteiger partial charge in [0, 0.05) is 11.6 Å². The normalized spacial score (nSPS) is 25.4. The van der Waals surface area contributed by atoms with Gasteiger partial charge in [0.15, 0.2) is 0 Å². The van der Waals surface area contributed by atoms with Crippen LogP contribution in [0.4, 0.5) is 5.95 Å². The Labute approximate surface area is 126 Å². The minimum Gasteiger partial charge on any atom is -0.493 e. The van der Waals surface area contributed by atoms with Crippen molar-refractivity contribution in [3.8, 4) is 5.88 Å². The maximum absolute atomic E-state index is 9.99. The van der Waals surface area contributed by atoms with Gasteiger partial charge in [-0.1, -0.05) is 6.92 Å². The molecular formula is C14H23ClN4O. The molecule has 1 aliphatic carbocycles. The fourth-order valence-electron chi connectivity index (χ4n) is 3.68. The van der Waals surface area contributed by atoms with Gasteiger partial charge in [0.1, 0.15) is 0 Å². The van der Waals surface area contributed by atoms with Gasteiger partial charge in [0.05, 0.1) is 5.69 Å². The molecule has 5 nitrogen and oxygen atoms in total. The van der Waals surface area contributed by atoms with E-state index in [1.807, 2.05) is 0 Å². The van der Waals surface area contributed by atoms with Crippen LogP contribution in [0.15, 0.2) is 0 Å². The van der Waals surface area contributed by atoms with Crippen LogP contribution >= 0.6 is 12.4 Å². The molecule has 0 bridgehead atoms. The first kappa shape index (κ1) is 15.3. The summed E-state index contributed by atoms with van der Waals surface area (Å²) < 4.78 is 0. The SMILES string of the molecule is CCCN1CCCC2Cc3nc(N)nc(O)c3CC21.Cl. The maximum atomic E-state index is 9.99. The van der Waals surface area contributed by atoms with E-state index in [1.165, 1.54) is 25.8 Å². The Balaban J connectivity index is 0.00000147. The summed E-state index contributed by atoms with van der Waals surface area (Å²) >= 11 is 0. The Morgan fingerprint density at radius 1 is 1.35 bits per heavy atom. The first-order valence-corrected chi connectivity index (χ1v) is 7.27. The molecule has 1 aromatic heterocycles. The average molecular weight is 299 g/mol. The van der Waals surface area contributed by atoms with Crippen molar-refractivity contribution in [2.45, 2.75) is 45.1 Å². The number of likely N-dealkylation sites (tertiary alicyclic amines) is 1. The summed E-state index contributed by atoms with van der Waals surface area (Å²) in [6, 6.07) is 0.541. The second-order valence-corrected chi connectivity index (χ2v) is 5.74. The molecule has 1 fully saturated rings. The van der Waals surface area contributed by atoms with Gasteiger partial charge in [0.2, 0.25) is 11.8 Å². The summed E-state index contributed by atoms with van der Waals surface area (Å²) in [5.74, 6) is 0.931. The van der Waals surface area contributed by atoms with E-state index in [9.17, 15) is 5.11 Å². The number of nitrogens with two attached hydrogens (primary N) is 1. The van der Waals surface area contributed by atoms with Crippen LogP contribution < -0.4 is 5.73 Å². The summed E-state index contributed by atoms with van der Waals surface area (Å²) in [5, 5.41) is 9.99. The number of anilines is 1. The number of halogens is 1. The third-order valence-electron chi connectivity index (χ3n) is 4.50. The van der Waals surface area contributed by atoms with Gasteiger partial charge in [-0.3, -0.25) is 4.90 Å². The summed E-state index contributed by atoms with van der Waals surface area (Å²) in [6.07, 6.45) is 5.50. The van der Waals surface area contributed by atoms with Gasteiger partial charge in [0.25, 0.3) is 0 Å². The highest BCUT2D eigenvalue weighted by atomic mass is 35.5. The summed E-state index contributed by atoms with van der Waals surface area (Å²) in [6.45, 7) is 4.55. The number of nitrogen functional groups attached to an aromatic ring is 1. The summed E-state index contributed by atoms with van der Waals surface area (Å²) in [4.78, 5) is 10.8. The molecule has 3 N–H and O–H groups in total. The zero-order valence-electron chi connectivity index (χ0n) is 11.9. The van der Waals surface area contributed by atoms with E-state index in [0.29, 0.717) is 12.0 Å². The zero-order chi connectivity index (χ0) is 13.4. The molecular weight excluding hydrogens is 276 g/mol. The van der Waals surface area contributed by atoms with Crippen LogP contribution in [0.2, 0.25) is 0 Å². The number of piperidine rings is 1. The first-order chi connectivity index (χ1) is 9.19. The topological polar surface area (TPSA) is 75.3 Å². The van der Waals surface area contributed by atoms with Crippen molar-refractivity contribution in [2.24, 2.45) is 5.92 Å². The Bertz CT molecular complexity index is 480. The van der Waals surface area contributed by atoms with Crippen molar-refractivity contribution in [1.29, 1.82) is 0 Å². The Morgan fingerprint density at radius 3 is 2.90 bits per heavy atom. The van der Waals surface area contributed by atoms with Crippen LogP contribution in [0.1, 0.15) is 37.4 Å². The first-order valence-electron chi connectivity index (χ1n) is 7.27. The number of nitrogens with zero attached hydrogens (tertiary/aromatic N) is 3. The highest BCUT2D eigenvalue weighted by Gasteiger charge is 2.37. The lowest BCUT2D eigenvalue weighted by molar-refractivity contribution is 0.0837. The van der Waals surface area contributed by atoms with E-state index in [2.05, 4.69) is 21.8 Å². The van der Waals surface area contributed by atoms with Crippen LogP contribution in [-0.4, -0.2) is 39.1 Å². The maximum Gasteiger partial charge on any atom is 0.223 e. The van der Waals surface area contributed by atoms with Crippen molar-refractivity contribution in [1.82, 2.24) is 14.9 Å². The standard InChI is InChI=1S/C14H22N4O.ClH/c1-2-5-18-6-3-4-9-7-11-10(8-12(9)18)13(19)17-14(15)16-11;/h9,12H,2-8H2,1H3,(H3,15,16,17,19);1H. The fraction of sp³-hybridized carbons (Fsp3) is 0.714. The largest absolute Gasteiger partial charge is 0.493 e. The van der Waals surface area contributed by atoms with Crippen LogP contribution in [0, 0.1) is 5.92 Å². The van der Waals surface area contributed by atoms with Crippen LogP contribution in [0.3, 0.4) is 0 Å². The number of rotatable bonds is 2. The monoisotopic (exact) mass is 298 g/mol. The highest BCUT2D eigenvalue weighted by molar-refractivity contribution is 5.85. The Kier molecular flexibility index (Phi) is 4.70. The predicted octanol–water partition coefficient (Wildman–Crippen LogP) is 1.78. The molecule has 3 rings (SSSR count). The summed E-state index contributed by atoms with van der Waals surface area (Å²) in [7, 11) is 0. The van der Waals surface area contributed by atoms with Crippen molar-refractivity contribution in [2.75, 3.05) is 18.8 Å². The molecule has 6 heteroatoms. The molecule has 20 heavy (non-hydrogen) atoms. The van der Waals surface area contributed by atoms with Crippen molar-refractivity contribution in [3.63, 3.8) is 0 Å². The molecule has 1 aliphatic heterocycles. The lowest BCUT2D eigenvalue weighted by Gasteiger charge is -2.44. The van der Waals surface area contributed by atoms with Gasteiger partial charge in [-0.15, -0.1) is 12.4 Å². The second kappa shape index (κ2) is 6.14. The molecule has 1 aromatic rings. The summed E-state index contributed by atoms with van der Waals surface area (Å²) in [5.41, 5.74) is 7.51. The Morgan fingerprint density at radius 2 is 2.15 bits per heavy atom. The molecule has 0 amide bonds. The lowest BCUT2D eigenvalue weighted by Crippen LogP contribution is -2.49. The molecule has 2 aliphatic rings. The molecule has 112 valence electrons. The quantitative estimate of drug-likeness (QED) is 0.870. The third kappa shape index (κ3) is 2.69. The van der Waals surface area contributed by atoms with E-state index in [4.69, 9.17) is 5.73 Å². The molecule has 2 atom stereocenters. The minimum absolute atomic E-state index is 0. The van der Waals surface area contributed by atoms with Crippen molar-refractivity contribution >= 4 is 18.4 Å². The van der Waals surface area contributed by atoms with E-state index in [-0.39, 0.29) is 24.2 Å². The van der Waals surface area contributed by atoms with Crippen LogP contribution in [-0.2, 0) is 12.8 Å². The lowest BCUT2D eigenvalue weighted by atomic mass is 9.77. The van der Waals surface area contributed by atoms with Gasteiger partial charge >= 0.3 is 0 Å². The molecule has 0 saturated carbocycles. The molecule has 0 spiro atoms. The molecule has 1 saturated heterocycles. The van der Waals surface area contributed by atoms with Crippen LogP contribution in [0.5, 0.6) is 5.88 Å². The van der Waals surface area contributed by atoms with Gasteiger partial charge in [-0.05, 0) is 51.1 Å².